The number of hydrogen-bond donors (Lipinski definition) is 1. The summed E-state index contributed by atoms with van der Waals surface area (Å²) >= 11 is 0. The van der Waals surface area contributed by atoms with Crippen molar-refractivity contribution in [1.29, 1.82) is 0 Å². The Morgan fingerprint density at radius 2 is 2.11 bits per heavy atom. The molecule has 1 heterocycles. The smallest absolute Gasteiger partial charge is 0.0674 e. The van der Waals surface area contributed by atoms with Gasteiger partial charge in [0.15, 0.2) is 0 Å². The molecule has 4 nitrogen and oxygen atoms in total. The number of hydrogen-bond acceptors (Lipinski definition) is 4. The summed E-state index contributed by atoms with van der Waals surface area (Å²) in [5, 5.41) is 3.46. The van der Waals surface area contributed by atoms with Crippen LogP contribution in [0.2, 0.25) is 0 Å². The van der Waals surface area contributed by atoms with Crippen LogP contribution in [0.4, 0.5) is 0 Å². The predicted octanol–water partition coefficient (Wildman–Crippen LogP) is 1.89. The molecule has 0 aromatic carbocycles. The number of morpholine rings is 1. The van der Waals surface area contributed by atoms with Gasteiger partial charge in [0.2, 0.25) is 0 Å². The van der Waals surface area contributed by atoms with Crippen molar-refractivity contribution in [1.82, 2.24) is 10.2 Å². The minimum absolute atomic E-state index is 0.375. The molecule has 0 spiro atoms. The summed E-state index contributed by atoms with van der Waals surface area (Å²) in [5.74, 6) is 0. The minimum Gasteiger partial charge on any atom is -0.380 e. The molecule has 19 heavy (non-hydrogen) atoms. The molecule has 0 radical (unpaired) electrons. The standard InChI is InChI=1S/C15H32N2O2/c1-4-6-10-18-11-8-16-7-9-17-12-14(3)19-13-15(17)5-2/h14-16H,4-13H2,1-3H3. The topological polar surface area (TPSA) is 33.7 Å². The highest BCUT2D eigenvalue weighted by Crippen LogP contribution is 2.13. The van der Waals surface area contributed by atoms with E-state index in [1.807, 2.05) is 0 Å². The van der Waals surface area contributed by atoms with E-state index in [0.717, 1.165) is 46.0 Å². The van der Waals surface area contributed by atoms with Gasteiger partial charge in [-0.3, -0.25) is 4.90 Å². The fourth-order valence-electron chi connectivity index (χ4n) is 2.40. The lowest BCUT2D eigenvalue weighted by molar-refractivity contribution is -0.0551. The van der Waals surface area contributed by atoms with E-state index < -0.39 is 0 Å². The Kier molecular flexibility index (Phi) is 9.43. The summed E-state index contributed by atoms with van der Waals surface area (Å²) in [4.78, 5) is 2.55. The van der Waals surface area contributed by atoms with Crippen LogP contribution in [0.5, 0.6) is 0 Å². The van der Waals surface area contributed by atoms with Crippen molar-refractivity contribution >= 4 is 0 Å². The van der Waals surface area contributed by atoms with Crippen molar-refractivity contribution in [2.45, 2.75) is 52.2 Å². The van der Waals surface area contributed by atoms with E-state index in [9.17, 15) is 0 Å². The first kappa shape index (κ1) is 16.9. The molecule has 1 fully saturated rings. The molecule has 4 heteroatoms. The van der Waals surface area contributed by atoms with Crippen LogP contribution in [0.25, 0.3) is 0 Å². The number of ether oxygens (including phenoxy) is 2. The SMILES string of the molecule is CCCCOCCNCCN1CC(C)OCC1CC. The van der Waals surface area contributed by atoms with Crippen LogP contribution in [0.1, 0.15) is 40.0 Å². The summed E-state index contributed by atoms with van der Waals surface area (Å²) < 4.78 is 11.2. The maximum absolute atomic E-state index is 5.71. The summed E-state index contributed by atoms with van der Waals surface area (Å²) in [6, 6.07) is 0.596. The van der Waals surface area contributed by atoms with Crippen molar-refractivity contribution in [3.63, 3.8) is 0 Å². The van der Waals surface area contributed by atoms with Crippen molar-refractivity contribution in [3.05, 3.63) is 0 Å². The third-order valence-electron chi connectivity index (χ3n) is 3.69. The molecule has 0 aliphatic carbocycles. The zero-order valence-corrected chi connectivity index (χ0v) is 13.0. The Labute approximate surface area is 118 Å². The molecule has 0 aromatic rings. The molecule has 1 rings (SSSR count). The third-order valence-corrected chi connectivity index (χ3v) is 3.69. The molecule has 0 saturated carbocycles. The summed E-state index contributed by atoms with van der Waals surface area (Å²) in [7, 11) is 0. The van der Waals surface area contributed by atoms with Crippen LogP contribution in [0.3, 0.4) is 0 Å². The number of unbranched alkanes of at least 4 members (excludes halogenated alkanes) is 1. The Morgan fingerprint density at radius 3 is 2.84 bits per heavy atom. The third kappa shape index (κ3) is 7.25. The van der Waals surface area contributed by atoms with Gasteiger partial charge in [-0.05, 0) is 19.8 Å². The highest BCUT2D eigenvalue weighted by atomic mass is 16.5. The second-order valence-corrected chi connectivity index (χ2v) is 5.42. The van der Waals surface area contributed by atoms with Crippen LogP contribution in [0.15, 0.2) is 0 Å². The van der Waals surface area contributed by atoms with Gasteiger partial charge in [-0.25, -0.2) is 0 Å². The Bertz CT molecular complexity index is 214. The normalized spacial score (nSPS) is 24.8. The highest BCUT2D eigenvalue weighted by molar-refractivity contribution is 4.77. The zero-order chi connectivity index (χ0) is 13.9. The molecule has 2 unspecified atom stereocenters. The highest BCUT2D eigenvalue weighted by Gasteiger charge is 2.24. The second-order valence-electron chi connectivity index (χ2n) is 5.42. The van der Waals surface area contributed by atoms with E-state index in [0.29, 0.717) is 12.1 Å². The van der Waals surface area contributed by atoms with Crippen LogP contribution < -0.4 is 5.32 Å². The quantitative estimate of drug-likeness (QED) is 0.616. The van der Waals surface area contributed by atoms with Gasteiger partial charge in [-0.2, -0.15) is 0 Å². The Balaban J connectivity index is 2.00. The minimum atomic E-state index is 0.375. The van der Waals surface area contributed by atoms with Gasteiger partial charge >= 0.3 is 0 Å². The second kappa shape index (κ2) is 10.6. The van der Waals surface area contributed by atoms with Crippen LogP contribution >= 0.6 is 0 Å². The first-order valence-corrected chi connectivity index (χ1v) is 7.92. The van der Waals surface area contributed by atoms with E-state index in [1.165, 1.54) is 19.3 Å². The molecule has 1 aliphatic rings. The maximum Gasteiger partial charge on any atom is 0.0674 e. The maximum atomic E-state index is 5.71. The lowest BCUT2D eigenvalue weighted by Gasteiger charge is -2.38. The molecule has 0 bridgehead atoms. The monoisotopic (exact) mass is 272 g/mol. The Hall–Kier alpha value is -0.160. The van der Waals surface area contributed by atoms with E-state index in [1.54, 1.807) is 0 Å². The van der Waals surface area contributed by atoms with E-state index >= 15 is 0 Å². The fraction of sp³-hybridized carbons (Fsp3) is 1.00. The molecular formula is C15H32N2O2. The number of nitrogens with one attached hydrogen (secondary N) is 1. The summed E-state index contributed by atoms with van der Waals surface area (Å²) in [6.45, 7) is 13.4. The Morgan fingerprint density at radius 1 is 1.26 bits per heavy atom. The molecule has 1 aliphatic heterocycles. The van der Waals surface area contributed by atoms with Crippen molar-refractivity contribution < 1.29 is 9.47 Å². The summed E-state index contributed by atoms with van der Waals surface area (Å²) in [6.07, 6.45) is 3.93. The van der Waals surface area contributed by atoms with Gasteiger partial charge in [0, 0.05) is 38.8 Å². The van der Waals surface area contributed by atoms with Gasteiger partial charge in [-0.15, -0.1) is 0 Å². The number of rotatable bonds is 10. The molecule has 114 valence electrons. The van der Waals surface area contributed by atoms with Gasteiger partial charge < -0.3 is 14.8 Å². The van der Waals surface area contributed by atoms with Gasteiger partial charge in [0.1, 0.15) is 0 Å². The molecule has 0 amide bonds. The first-order chi connectivity index (χ1) is 9.27. The van der Waals surface area contributed by atoms with Gasteiger partial charge in [0.05, 0.1) is 19.3 Å². The van der Waals surface area contributed by atoms with E-state index in [-0.39, 0.29) is 0 Å². The summed E-state index contributed by atoms with van der Waals surface area (Å²) in [5.41, 5.74) is 0. The van der Waals surface area contributed by atoms with E-state index in [2.05, 4.69) is 31.0 Å². The zero-order valence-electron chi connectivity index (χ0n) is 13.0. The van der Waals surface area contributed by atoms with Crippen LogP contribution in [0, 0.1) is 0 Å². The van der Waals surface area contributed by atoms with Gasteiger partial charge in [0.25, 0.3) is 0 Å². The lowest BCUT2D eigenvalue weighted by atomic mass is 10.1. The molecule has 1 N–H and O–H groups in total. The predicted molar refractivity (Wildman–Crippen MR) is 79.7 cm³/mol. The average Bonchev–Trinajstić information content (AvgIpc) is 2.42. The van der Waals surface area contributed by atoms with Gasteiger partial charge in [-0.1, -0.05) is 20.3 Å². The largest absolute Gasteiger partial charge is 0.380 e. The van der Waals surface area contributed by atoms with E-state index in [4.69, 9.17) is 9.47 Å². The fourth-order valence-corrected chi connectivity index (χ4v) is 2.40. The molecular weight excluding hydrogens is 240 g/mol. The molecule has 1 saturated heterocycles. The number of nitrogens with zero attached hydrogens (tertiary/aromatic N) is 1. The molecule has 0 aromatic heterocycles. The van der Waals surface area contributed by atoms with Crippen molar-refractivity contribution in [2.24, 2.45) is 0 Å². The van der Waals surface area contributed by atoms with Crippen molar-refractivity contribution in [3.8, 4) is 0 Å². The van der Waals surface area contributed by atoms with Crippen molar-refractivity contribution in [2.75, 3.05) is 46.0 Å². The first-order valence-electron chi connectivity index (χ1n) is 7.92. The average molecular weight is 272 g/mol. The lowest BCUT2D eigenvalue weighted by Crippen LogP contribution is -2.50. The molecule has 2 atom stereocenters. The van der Waals surface area contributed by atoms with Crippen LogP contribution in [-0.4, -0.2) is 63.0 Å². The van der Waals surface area contributed by atoms with Crippen LogP contribution in [-0.2, 0) is 9.47 Å².